The summed E-state index contributed by atoms with van der Waals surface area (Å²) in [5, 5.41) is 6.91. The van der Waals surface area contributed by atoms with E-state index in [1.165, 1.54) is 5.56 Å². The van der Waals surface area contributed by atoms with Crippen LogP contribution in [0.25, 0.3) is 0 Å². The molecule has 0 amide bonds. The fourth-order valence-corrected chi connectivity index (χ4v) is 2.06. The number of H-pyrrole nitrogens is 1. The van der Waals surface area contributed by atoms with Crippen molar-refractivity contribution >= 4 is 11.4 Å². The van der Waals surface area contributed by atoms with Gasteiger partial charge >= 0.3 is 0 Å². The summed E-state index contributed by atoms with van der Waals surface area (Å²) in [6, 6.07) is 0. The van der Waals surface area contributed by atoms with Crippen molar-refractivity contribution in [1.29, 1.82) is 0 Å². The molecule has 0 saturated carbocycles. The van der Waals surface area contributed by atoms with Crippen LogP contribution in [-0.4, -0.2) is 26.0 Å². The number of aryl methyl sites for hydroxylation is 2. The van der Waals surface area contributed by atoms with Gasteiger partial charge in [-0.1, -0.05) is 0 Å². The molecule has 1 aromatic heterocycles. The minimum atomic E-state index is -0.964. The van der Waals surface area contributed by atoms with Crippen LogP contribution < -0.4 is 4.72 Å². The molecule has 0 aliphatic heterocycles. The minimum absolute atomic E-state index is 0.189. The standard InChI is InChI=1S/C11H21N3OS/c1-9-10(8-12-14-9)6-5-7-13-16(15)11(2,3)4/h8,13H,5-7H2,1-4H3,(H,12,14). The molecule has 1 heterocycles. The van der Waals surface area contributed by atoms with Gasteiger partial charge in [-0.05, 0) is 46.1 Å². The number of hydrogen-bond donors (Lipinski definition) is 2. The molecule has 0 fully saturated rings. The summed E-state index contributed by atoms with van der Waals surface area (Å²) >= 11 is -0.964. The Hall–Kier alpha value is -0.520. The van der Waals surface area contributed by atoms with Gasteiger partial charge in [-0.2, -0.15) is 5.10 Å². The molecule has 0 radical (unpaired) electrons. The molecule has 5 heteroatoms. The van der Waals surface area contributed by atoms with Crippen molar-refractivity contribution in [2.75, 3.05) is 6.54 Å². The molecule has 0 saturated heterocycles. The van der Waals surface area contributed by atoms with Gasteiger partial charge in [0.05, 0.1) is 5.69 Å². The molecule has 1 aromatic rings. The number of aromatic nitrogens is 2. The molecule has 16 heavy (non-hydrogen) atoms. The first kappa shape index (κ1) is 13.5. The fraction of sp³-hybridized carbons (Fsp3) is 0.727. The highest BCUT2D eigenvalue weighted by Gasteiger charge is 2.25. The number of rotatable bonds is 5. The summed E-state index contributed by atoms with van der Waals surface area (Å²) in [5.41, 5.74) is 2.29. The third-order valence-electron chi connectivity index (χ3n) is 2.35. The molecule has 0 aliphatic rings. The van der Waals surface area contributed by atoms with Gasteiger partial charge in [0.25, 0.3) is 0 Å². The molecule has 0 bridgehead atoms. The van der Waals surface area contributed by atoms with E-state index in [1.807, 2.05) is 33.9 Å². The van der Waals surface area contributed by atoms with Crippen molar-refractivity contribution in [2.24, 2.45) is 0 Å². The first-order chi connectivity index (χ1) is 7.41. The van der Waals surface area contributed by atoms with E-state index in [0.29, 0.717) is 0 Å². The normalized spacial score (nSPS) is 14.1. The second-order valence-corrected chi connectivity index (χ2v) is 6.93. The van der Waals surface area contributed by atoms with E-state index in [-0.39, 0.29) is 4.75 Å². The fourth-order valence-electron chi connectivity index (χ4n) is 1.30. The Morgan fingerprint density at radius 2 is 2.19 bits per heavy atom. The van der Waals surface area contributed by atoms with E-state index in [9.17, 15) is 4.55 Å². The van der Waals surface area contributed by atoms with Crippen LogP contribution in [0.5, 0.6) is 0 Å². The van der Waals surface area contributed by atoms with Crippen LogP contribution in [0.4, 0.5) is 0 Å². The predicted octanol–water partition coefficient (Wildman–Crippen LogP) is 1.70. The van der Waals surface area contributed by atoms with Gasteiger partial charge in [-0.15, -0.1) is 4.72 Å². The monoisotopic (exact) mass is 243 g/mol. The molecule has 0 aliphatic carbocycles. The van der Waals surface area contributed by atoms with Crippen LogP contribution in [0.3, 0.4) is 0 Å². The summed E-state index contributed by atoms with van der Waals surface area (Å²) in [6.07, 6.45) is 3.87. The SMILES string of the molecule is Cc1n[nH]cc1CCCN[S+]([O-])C(C)(C)C. The van der Waals surface area contributed by atoms with Crippen molar-refractivity contribution in [3.05, 3.63) is 17.5 Å². The van der Waals surface area contributed by atoms with Crippen LogP contribution in [0, 0.1) is 6.92 Å². The number of aromatic amines is 1. The van der Waals surface area contributed by atoms with E-state index in [0.717, 1.165) is 25.1 Å². The van der Waals surface area contributed by atoms with Crippen LogP contribution in [-0.2, 0) is 17.8 Å². The van der Waals surface area contributed by atoms with E-state index in [4.69, 9.17) is 0 Å². The van der Waals surface area contributed by atoms with E-state index >= 15 is 0 Å². The average molecular weight is 243 g/mol. The van der Waals surface area contributed by atoms with Crippen molar-refractivity contribution < 1.29 is 4.55 Å². The zero-order valence-corrected chi connectivity index (χ0v) is 11.3. The number of nitrogens with one attached hydrogen (secondary N) is 2. The van der Waals surface area contributed by atoms with Gasteiger partial charge in [0.1, 0.15) is 4.75 Å². The third-order valence-corrected chi connectivity index (χ3v) is 3.93. The Bertz CT molecular complexity index is 319. The molecule has 1 unspecified atom stereocenters. The predicted molar refractivity (Wildman–Crippen MR) is 67.5 cm³/mol. The van der Waals surface area contributed by atoms with E-state index in [1.54, 1.807) is 0 Å². The van der Waals surface area contributed by atoms with Gasteiger partial charge in [-0.3, -0.25) is 5.10 Å². The molecular weight excluding hydrogens is 222 g/mol. The summed E-state index contributed by atoms with van der Waals surface area (Å²) in [6.45, 7) is 8.67. The van der Waals surface area contributed by atoms with Crippen LogP contribution in [0.2, 0.25) is 0 Å². The van der Waals surface area contributed by atoms with Gasteiger partial charge in [0, 0.05) is 24.1 Å². The summed E-state index contributed by atoms with van der Waals surface area (Å²) in [4.78, 5) is 0. The minimum Gasteiger partial charge on any atom is -0.598 e. The second-order valence-electron chi connectivity index (χ2n) is 4.87. The van der Waals surface area contributed by atoms with Crippen molar-refractivity contribution in [1.82, 2.24) is 14.9 Å². The largest absolute Gasteiger partial charge is 0.598 e. The molecular formula is C11H21N3OS. The molecule has 1 atom stereocenters. The van der Waals surface area contributed by atoms with Crippen molar-refractivity contribution in [3.63, 3.8) is 0 Å². The molecule has 4 nitrogen and oxygen atoms in total. The summed E-state index contributed by atoms with van der Waals surface area (Å²) in [5.74, 6) is 0. The Labute approximate surface area is 101 Å². The lowest BCUT2D eigenvalue weighted by Gasteiger charge is -2.23. The van der Waals surface area contributed by atoms with Crippen molar-refractivity contribution in [2.45, 2.75) is 45.3 Å². The maximum atomic E-state index is 11.7. The lowest BCUT2D eigenvalue weighted by atomic mass is 10.1. The van der Waals surface area contributed by atoms with Crippen LogP contribution >= 0.6 is 0 Å². The lowest BCUT2D eigenvalue weighted by molar-refractivity contribution is 0.542. The highest BCUT2D eigenvalue weighted by Crippen LogP contribution is 2.13. The van der Waals surface area contributed by atoms with Gasteiger partial charge in [0.15, 0.2) is 0 Å². The lowest BCUT2D eigenvalue weighted by Crippen LogP contribution is -2.39. The Morgan fingerprint density at radius 3 is 2.69 bits per heavy atom. The smallest absolute Gasteiger partial charge is 0.136 e. The summed E-state index contributed by atoms with van der Waals surface area (Å²) in [7, 11) is 0. The van der Waals surface area contributed by atoms with Crippen LogP contribution in [0.15, 0.2) is 6.20 Å². The van der Waals surface area contributed by atoms with Gasteiger partial charge in [0.2, 0.25) is 0 Å². The molecule has 92 valence electrons. The van der Waals surface area contributed by atoms with E-state index < -0.39 is 11.4 Å². The molecule has 2 N–H and O–H groups in total. The zero-order valence-electron chi connectivity index (χ0n) is 10.5. The third kappa shape index (κ3) is 4.15. The van der Waals surface area contributed by atoms with E-state index in [2.05, 4.69) is 14.9 Å². The summed E-state index contributed by atoms with van der Waals surface area (Å²) < 4.78 is 14.5. The zero-order chi connectivity index (χ0) is 12.2. The van der Waals surface area contributed by atoms with Crippen LogP contribution in [0.1, 0.15) is 38.4 Å². The van der Waals surface area contributed by atoms with Crippen molar-refractivity contribution in [3.8, 4) is 0 Å². The Morgan fingerprint density at radius 1 is 1.50 bits per heavy atom. The van der Waals surface area contributed by atoms with Gasteiger partial charge < -0.3 is 4.55 Å². The Balaban J connectivity index is 2.20. The first-order valence-electron chi connectivity index (χ1n) is 5.56. The first-order valence-corrected chi connectivity index (χ1v) is 6.71. The highest BCUT2D eigenvalue weighted by molar-refractivity contribution is 7.90. The highest BCUT2D eigenvalue weighted by atomic mass is 32.2. The maximum Gasteiger partial charge on any atom is 0.136 e. The number of nitrogens with zero attached hydrogens (tertiary/aromatic N) is 1. The topological polar surface area (TPSA) is 63.8 Å². The van der Waals surface area contributed by atoms with Gasteiger partial charge in [-0.25, -0.2) is 0 Å². The molecule has 1 rings (SSSR count). The Kier molecular flexibility index (Phi) is 4.83. The molecule has 0 aromatic carbocycles. The quantitative estimate of drug-likeness (QED) is 0.611. The maximum absolute atomic E-state index is 11.7. The number of hydrogen-bond acceptors (Lipinski definition) is 3. The molecule has 0 spiro atoms. The average Bonchev–Trinajstić information content (AvgIpc) is 2.57. The second kappa shape index (κ2) is 5.70.